The first-order chi connectivity index (χ1) is 8.43. The Hall–Kier alpha value is -1.21. The average Bonchev–Trinajstić information content (AvgIpc) is 2.65. The number of hydrogen-bond acceptors (Lipinski definition) is 6. The Morgan fingerprint density at radius 1 is 1.44 bits per heavy atom. The first-order valence-electron chi connectivity index (χ1n) is 5.29. The lowest BCUT2D eigenvalue weighted by atomic mass is 10.2. The number of amides is 1. The molecule has 0 bridgehead atoms. The first kappa shape index (κ1) is 14.8. The van der Waals surface area contributed by atoms with Crippen molar-refractivity contribution in [2.45, 2.75) is 11.1 Å². The molecule has 0 aliphatic heterocycles. The molecular formula is C11H16N2O3S2. The van der Waals surface area contributed by atoms with Gasteiger partial charge in [-0.2, -0.15) is 0 Å². The molecule has 0 fully saturated rings. The molecule has 0 saturated carbocycles. The summed E-state index contributed by atoms with van der Waals surface area (Å²) in [5.74, 6) is 0.0858. The van der Waals surface area contributed by atoms with Crippen molar-refractivity contribution in [3.05, 3.63) is 10.4 Å². The van der Waals surface area contributed by atoms with Gasteiger partial charge in [0.2, 0.25) is 0 Å². The van der Waals surface area contributed by atoms with E-state index in [0.717, 1.165) is 9.96 Å². The highest BCUT2D eigenvalue weighted by atomic mass is 32.2. The number of carbonyl (C=O) groups is 2. The molecule has 7 heteroatoms. The van der Waals surface area contributed by atoms with Crippen LogP contribution in [0.15, 0.2) is 4.21 Å². The number of carbonyl (C=O) groups excluding carboxylic acids is 2. The van der Waals surface area contributed by atoms with Gasteiger partial charge in [-0.3, -0.25) is 4.79 Å². The summed E-state index contributed by atoms with van der Waals surface area (Å²) in [6.07, 6.45) is 0. The quantitative estimate of drug-likeness (QED) is 0.677. The molecule has 0 radical (unpaired) electrons. The lowest BCUT2D eigenvalue weighted by Gasteiger charge is -2.08. The van der Waals surface area contributed by atoms with Crippen LogP contribution < -0.4 is 5.73 Å². The van der Waals surface area contributed by atoms with E-state index < -0.39 is 5.97 Å². The maximum Gasteiger partial charge on any atom is 0.342 e. The lowest BCUT2D eigenvalue weighted by molar-refractivity contribution is 0.0599. The zero-order chi connectivity index (χ0) is 13.9. The van der Waals surface area contributed by atoms with Crippen LogP contribution >= 0.6 is 23.1 Å². The van der Waals surface area contributed by atoms with E-state index in [1.165, 1.54) is 35.1 Å². The van der Waals surface area contributed by atoms with Crippen LogP contribution in [0, 0.1) is 0 Å². The van der Waals surface area contributed by atoms with Crippen LogP contribution in [0.1, 0.15) is 27.0 Å². The summed E-state index contributed by atoms with van der Waals surface area (Å²) < 4.78 is 5.44. The summed E-state index contributed by atoms with van der Waals surface area (Å²) in [5, 5.41) is 0. The molecule has 1 amide bonds. The predicted octanol–water partition coefficient (Wildman–Crippen LogP) is 1.93. The van der Waals surface area contributed by atoms with Gasteiger partial charge in [0.05, 0.1) is 17.0 Å². The summed E-state index contributed by atoms with van der Waals surface area (Å²) >= 11 is 2.71. The SMILES string of the molecule is CCSc1sc(C(=O)N(C)C)c(N)c1C(=O)OC. The predicted molar refractivity (Wildman–Crippen MR) is 74.5 cm³/mol. The second-order valence-electron chi connectivity index (χ2n) is 3.63. The van der Waals surface area contributed by atoms with Gasteiger partial charge in [-0.25, -0.2) is 4.79 Å². The molecule has 1 heterocycles. The number of anilines is 1. The van der Waals surface area contributed by atoms with Crippen molar-refractivity contribution in [1.29, 1.82) is 0 Å². The Morgan fingerprint density at radius 3 is 2.50 bits per heavy atom. The Morgan fingerprint density at radius 2 is 2.06 bits per heavy atom. The molecule has 0 aliphatic rings. The van der Waals surface area contributed by atoms with Gasteiger partial charge in [-0.15, -0.1) is 23.1 Å². The number of esters is 1. The molecule has 1 rings (SSSR count). The van der Waals surface area contributed by atoms with Crippen LogP contribution in [-0.4, -0.2) is 43.7 Å². The summed E-state index contributed by atoms with van der Waals surface area (Å²) in [5.41, 5.74) is 6.41. The molecule has 18 heavy (non-hydrogen) atoms. The molecule has 1 aromatic heterocycles. The van der Waals surface area contributed by atoms with Crippen molar-refractivity contribution < 1.29 is 14.3 Å². The summed E-state index contributed by atoms with van der Waals surface area (Å²) in [7, 11) is 4.59. The van der Waals surface area contributed by atoms with E-state index in [2.05, 4.69) is 0 Å². The number of thiophene rings is 1. The highest BCUT2D eigenvalue weighted by molar-refractivity contribution is 8.01. The monoisotopic (exact) mass is 288 g/mol. The Bertz CT molecular complexity index is 469. The van der Waals surface area contributed by atoms with Crippen LogP contribution in [0.3, 0.4) is 0 Å². The fraction of sp³-hybridized carbons (Fsp3) is 0.455. The number of nitrogen functional groups attached to an aromatic ring is 1. The van der Waals surface area contributed by atoms with Crippen LogP contribution in [-0.2, 0) is 4.74 Å². The van der Waals surface area contributed by atoms with E-state index in [-0.39, 0.29) is 11.6 Å². The maximum atomic E-state index is 11.9. The van der Waals surface area contributed by atoms with Gasteiger partial charge in [-0.1, -0.05) is 6.92 Å². The molecule has 0 aromatic carbocycles. The standard InChI is InChI=1S/C11H16N2O3S2/c1-5-17-11-6(10(15)16-4)7(12)8(18-11)9(14)13(2)3/h5,12H2,1-4H3. The lowest BCUT2D eigenvalue weighted by Crippen LogP contribution is -2.21. The normalized spacial score (nSPS) is 10.2. The minimum atomic E-state index is -0.502. The molecular weight excluding hydrogens is 272 g/mol. The third-order valence-corrected chi connectivity index (χ3v) is 4.52. The molecule has 5 nitrogen and oxygen atoms in total. The van der Waals surface area contributed by atoms with Gasteiger partial charge < -0.3 is 15.4 Å². The number of nitrogens with zero attached hydrogens (tertiary/aromatic N) is 1. The molecule has 0 saturated heterocycles. The van der Waals surface area contributed by atoms with E-state index in [9.17, 15) is 9.59 Å². The molecule has 0 atom stereocenters. The van der Waals surface area contributed by atoms with Crippen molar-refractivity contribution in [2.75, 3.05) is 32.7 Å². The van der Waals surface area contributed by atoms with Crippen molar-refractivity contribution in [2.24, 2.45) is 0 Å². The molecule has 2 N–H and O–H groups in total. The summed E-state index contributed by atoms with van der Waals surface area (Å²) in [6.45, 7) is 1.97. The van der Waals surface area contributed by atoms with Crippen LogP contribution in [0.4, 0.5) is 5.69 Å². The molecule has 100 valence electrons. The van der Waals surface area contributed by atoms with E-state index in [0.29, 0.717) is 10.4 Å². The van der Waals surface area contributed by atoms with Crippen LogP contribution in [0.25, 0.3) is 0 Å². The van der Waals surface area contributed by atoms with Gasteiger partial charge in [-0.05, 0) is 5.75 Å². The Balaban J connectivity index is 3.32. The zero-order valence-corrected chi connectivity index (χ0v) is 12.4. The zero-order valence-electron chi connectivity index (χ0n) is 10.8. The van der Waals surface area contributed by atoms with E-state index in [1.807, 2.05) is 6.92 Å². The van der Waals surface area contributed by atoms with Gasteiger partial charge in [0.15, 0.2) is 0 Å². The fourth-order valence-electron chi connectivity index (χ4n) is 1.31. The van der Waals surface area contributed by atoms with E-state index in [4.69, 9.17) is 10.5 Å². The van der Waals surface area contributed by atoms with E-state index in [1.54, 1.807) is 14.1 Å². The van der Waals surface area contributed by atoms with Crippen LogP contribution in [0.5, 0.6) is 0 Å². The van der Waals surface area contributed by atoms with Crippen molar-refractivity contribution in [3.8, 4) is 0 Å². The van der Waals surface area contributed by atoms with Crippen molar-refractivity contribution in [3.63, 3.8) is 0 Å². The Kier molecular flexibility index (Phi) is 5.03. The second kappa shape index (κ2) is 6.10. The van der Waals surface area contributed by atoms with Gasteiger partial charge in [0, 0.05) is 14.1 Å². The minimum absolute atomic E-state index is 0.203. The smallest absolute Gasteiger partial charge is 0.342 e. The number of nitrogens with two attached hydrogens (primary N) is 1. The molecule has 0 aliphatic carbocycles. The number of hydrogen-bond donors (Lipinski definition) is 1. The number of thioether (sulfide) groups is 1. The van der Waals surface area contributed by atoms with E-state index >= 15 is 0 Å². The van der Waals surface area contributed by atoms with Crippen LogP contribution in [0.2, 0.25) is 0 Å². The largest absolute Gasteiger partial charge is 0.465 e. The number of ether oxygens (including phenoxy) is 1. The van der Waals surface area contributed by atoms with Gasteiger partial charge >= 0.3 is 5.97 Å². The number of methoxy groups -OCH3 is 1. The fourth-order valence-corrected chi connectivity index (χ4v) is 3.71. The first-order valence-corrected chi connectivity index (χ1v) is 7.09. The summed E-state index contributed by atoms with van der Waals surface area (Å²) in [6, 6.07) is 0. The van der Waals surface area contributed by atoms with Gasteiger partial charge in [0.1, 0.15) is 10.4 Å². The van der Waals surface area contributed by atoms with Crippen molar-refractivity contribution in [1.82, 2.24) is 4.90 Å². The Labute approximate surface area is 114 Å². The average molecular weight is 288 g/mol. The highest BCUT2D eigenvalue weighted by Crippen LogP contribution is 2.38. The van der Waals surface area contributed by atoms with Gasteiger partial charge in [0.25, 0.3) is 5.91 Å². The second-order valence-corrected chi connectivity index (χ2v) is 6.18. The topological polar surface area (TPSA) is 72.6 Å². The van der Waals surface area contributed by atoms with Crippen molar-refractivity contribution >= 4 is 40.7 Å². The third-order valence-electron chi connectivity index (χ3n) is 2.18. The molecule has 0 spiro atoms. The third kappa shape index (κ3) is 2.78. The number of rotatable bonds is 4. The minimum Gasteiger partial charge on any atom is -0.465 e. The summed E-state index contributed by atoms with van der Waals surface area (Å²) in [4.78, 5) is 25.5. The molecule has 1 aromatic rings. The molecule has 0 unspecified atom stereocenters. The maximum absolute atomic E-state index is 11.9. The highest BCUT2D eigenvalue weighted by Gasteiger charge is 2.26.